The summed E-state index contributed by atoms with van der Waals surface area (Å²) in [6.07, 6.45) is 8.60. The summed E-state index contributed by atoms with van der Waals surface area (Å²) in [5.41, 5.74) is -0.166. The predicted octanol–water partition coefficient (Wildman–Crippen LogP) is 2.88. The second kappa shape index (κ2) is 7.49. The van der Waals surface area contributed by atoms with E-state index < -0.39 is 0 Å². The van der Waals surface area contributed by atoms with E-state index in [9.17, 15) is 4.79 Å². The Hall–Kier alpha value is -0.280. The molecule has 4 heteroatoms. The zero-order chi connectivity index (χ0) is 13.0. The molecule has 1 unspecified atom stereocenters. The van der Waals surface area contributed by atoms with Crippen molar-refractivity contribution in [3.8, 4) is 0 Å². The third kappa shape index (κ3) is 4.35. The highest BCUT2D eigenvalue weighted by Gasteiger charge is 2.37. The van der Waals surface area contributed by atoms with Gasteiger partial charge in [-0.2, -0.15) is 0 Å². The van der Waals surface area contributed by atoms with Crippen molar-refractivity contribution in [1.29, 1.82) is 0 Å². The third-order valence-corrected chi connectivity index (χ3v) is 4.80. The maximum atomic E-state index is 12.3. The summed E-state index contributed by atoms with van der Waals surface area (Å²) in [5, 5.41) is 6.58. The fraction of sp³-hybridized carbons (Fsp3) is 0.933. The fourth-order valence-electron chi connectivity index (χ4n) is 3.37. The van der Waals surface area contributed by atoms with Crippen LogP contribution in [0.1, 0.15) is 58.8 Å². The molecule has 1 aliphatic heterocycles. The number of amides is 1. The average Bonchev–Trinajstić information content (AvgIpc) is 2.80. The maximum Gasteiger partial charge on any atom is 0.227 e. The Kier molecular flexibility index (Phi) is 6.61. The van der Waals surface area contributed by atoms with Gasteiger partial charge in [0.1, 0.15) is 0 Å². The molecule has 0 radical (unpaired) electrons. The van der Waals surface area contributed by atoms with Gasteiger partial charge >= 0.3 is 0 Å². The molecule has 2 N–H and O–H groups in total. The Balaban J connectivity index is 0.00000180. The molecule has 0 aromatic rings. The van der Waals surface area contributed by atoms with E-state index in [1.165, 1.54) is 38.5 Å². The van der Waals surface area contributed by atoms with Crippen LogP contribution in [0.5, 0.6) is 0 Å². The number of hydrogen-bond donors (Lipinski definition) is 2. The van der Waals surface area contributed by atoms with E-state index in [-0.39, 0.29) is 23.7 Å². The molecule has 2 aliphatic rings. The van der Waals surface area contributed by atoms with Crippen molar-refractivity contribution >= 4 is 18.3 Å². The molecule has 19 heavy (non-hydrogen) atoms. The van der Waals surface area contributed by atoms with E-state index in [1.54, 1.807) is 0 Å². The molecular formula is C15H29ClN2O. The van der Waals surface area contributed by atoms with Gasteiger partial charge < -0.3 is 10.6 Å². The van der Waals surface area contributed by atoms with Crippen LogP contribution in [-0.2, 0) is 4.79 Å². The van der Waals surface area contributed by atoms with Crippen LogP contribution < -0.4 is 10.6 Å². The zero-order valence-corrected chi connectivity index (χ0v) is 13.2. The molecule has 2 rings (SSSR count). The lowest BCUT2D eigenvalue weighted by molar-refractivity contribution is -0.130. The second-order valence-corrected chi connectivity index (χ2v) is 6.47. The van der Waals surface area contributed by atoms with Crippen molar-refractivity contribution in [3.05, 3.63) is 0 Å². The Labute approximate surface area is 123 Å². The van der Waals surface area contributed by atoms with Crippen LogP contribution in [-0.4, -0.2) is 25.0 Å². The predicted molar refractivity (Wildman–Crippen MR) is 81.6 cm³/mol. The maximum absolute atomic E-state index is 12.3. The van der Waals surface area contributed by atoms with Gasteiger partial charge in [0.15, 0.2) is 0 Å². The molecule has 2 fully saturated rings. The van der Waals surface area contributed by atoms with Gasteiger partial charge in [0.25, 0.3) is 0 Å². The first kappa shape index (κ1) is 16.8. The van der Waals surface area contributed by atoms with Crippen molar-refractivity contribution < 1.29 is 4.79 Å². The standard InChI is InChI=1S/C15H28N2O.ClH/c1-3-4-12-5-7-13(8-6-12)17-14(18)15(2)9-10-16-11-15;/h12-13,16H,3-11H2,1-2H3,(H,17,18);1H. The van der Waals surface area contributed by atoms with Crippen LogP contribution in [0.4, 0.5) is 0 Å². The molecular weight excluding hydrogens is 260 g/mol. The number of carbonyl (C=O) groups excluding carboxylic acids is 1. The highest BCUT2D eigenvalue weighted by Crippen LogP contribution is 2.29. The number of carbonyl (C=O) groups is 1. The van der Waals surface area contributed by atoms with Gasteiger partial charge in [-0.3, -0.25) is 4.79 Å². The minimum Gasteiger partial charge on any atom is -0.353 e. The minimum absolute atomic E-state index is 0. The molecule has 0 bridgehead atoms. The highest BCUT2D eigenvalue weighted by molar-refractivity contribution is 5.85. The van der Waals surface area contributed by atoms with Gasteiger partial charge in [0.05, 0.1) is 5.41 Å². The largest absolute Gasteiger partial charge is 0.353 e. The molecule has 0 spiro atoms. The summed E-state index contributed by atoms with van der Waals surface area (Å²) in [5.74, 6) is 1.18. The third-order valence-electron chi connectivity index (χ3n) is 4.80. The quantitative estimate of drug-likeness (QED) is 0.835. The molecule has 1 atom stereocenters. The van der Waals surface area contributed by atoms with Gasteiger partial charge in [-0.05, 0) is 51.5 Å². The van der Waals surface area contributed by atoms with E-state index in [2.05, 4.69) is 24.5 Å². The molecule has 3 nitrogen and oxygen atoms in total. The van der Waals surface area contributed by atoms with Crippen molar-refractivity contribution in [1.82, 2.24) is 10.6 Å². The number of rotatable bonds is 4. The number of hydrogen-bond acceptors (Lipinski definition) is 2. The normalized spacial score (nSPS) is 34.6. The van der Waals surface area contributed by atoms with Gasteiger partial charge in [0, 0.05) is 12.6 Å². The van der Waals surface area contributed by atoms with Crippen LogP contribution in [0, 0.1) is 11.3 Å². The minimum atomic E-state index is -0.166. The van der Waals surface area contributed by atoms with E-state index in [4.69, 9.17) is 0 Å². The summed E-state index contributed by atoms with van der Waals surface area (Å²) >= 11 is 0. The van der Waals surface area contributed by atoms with Crippen molar-refractivity contribution in [2.45, 2.75) is 64.8 Å². The highest BCUT2D eigenvalue weighted by atomic mass is 35.5. The molecule has 0 aromatic heterocycles. The Bertz CT molecular complexity index is 282. The average molecular weight is 289 g/mol. The first-order chi connectivity index (χ1) is 8.64. The van der Waals surface area contributed by atoms with Crippen molar-refractivity contribution in [3.63, 3.8) is 0 Å². The van der Waals surface area contributed by atoms with Crippen LogP contribution in [0.15, 0.2) is 0 Å². The van der Waals surface area contributed by atoms with E-state index in [0.29, 0.717) is 6.04 Å². The SMILES string of the molecule is CCCC1CCC(NC(=O)C2(C)CCNC2)CC1.Cl. The number of nitrogens with one attached hydrogen (secondary N) is 2. The lowest BCUT2D eigenvalue weighted by Gasteiger charge is -2.31. The zero-order valence-electron chi connectivity index (χ0n) is 12.3. The first-order valence-corrected chi connectivity index (χ1v) is 7.66. The number of halogens is 1. The van der Waals surface area contributed by atoms with Gasteiger partial charge in [-0.15, -0.1) is 12.4 Å². The summed E-state index contributed by atoms with van der Waals surface area (Å²) < 4.78 is 0. The molecule has 1 amide bonds. The van der Waals surface area contributed by atoms with Gasteiger partial charge in [0.2, 0.25) is 5.91 Å². The second-order valence-electron chi connectivity index (χ2n) is 6.47. The van der Waals surface area contributed by atoms with Gasteiger partial charge in [-0.1, -0.05) is 19.8 Å². The summed E-state index contributed by atoms with van der Waals surface area (Å²) in [7, 11) is 0. The summed E-state index contributed by atoms with van der Waals surface area (Å²) in [6.45, 7) is 6.17. The van der Waals surface area contributed by atoms with Crippen LogP contribution >= 0.6 is 12.4 Å². The van der Waals surface area contributed by atoms with E-state index in [0.717, 1.165) is 25.4 Å². The molecule has 1 heterocycles. The van der Waals surface area contributed by atoms with E-state index in [1.807, 2.05) is 0 Å². The lowest BCUT2D eigenvalue weighted by atomic mass is 9.82. The Morgan fingerprint density at radius 2 is 2.00 bits per heavy atom. The Morgan fingerprint density at radius 1 is 1.32 bits per heavy atom. The molecule has 0 aromatic carbocycles. The topological polar surface area (TPSA) is 41.1 Å². The van der Waals surface area contributed by atoms with Crippen LogP contribution in [0.2, 0.25) is 0 Å². The fourth-order valence-corrected chi connectivity index (χ4v) is 3.37. The van der Waals surface area contributed by atoms with Crippen LogP contribution in [0.25, 0.3) is 0 Å². The first-order valence-electron chi connectivity index (χ1n) is 7.66. The molecule has 1 saturated heterocycles. The van der Waals surface area contributed by atoms with Crippen molar-refractivity contribution in [2.24, 2.45) is 11.3 Å². The molecule has 1 saturated carbocycles. The summed E-state index contributed by atoms with van der Waals surface area (Å²) in [4.78, 5) is 12.3. The Morgan fingerprint density at radius 3 is 2.53 bits per heavy atom. The van der Waals surface area contributed by atoms with Crippen molar-refractivity contribution in [2.75, 3.05) is 13.1 Å². The smallest absolute Gasteiger partial charge is 0.227 e. The molecule has 1 aliphatic carbocycles. The monoisotopic (exact) mass is 288 g/mol. The van der Waals surface area contributed by atoms with E-state index >= 15 is 0 Å². The van der Waals surface area contributed by atoms with Crippen LogP contribution in [0.3, 0.4) is 0 Å². The van der Waals surface area contributed by atoms with Gasteiger partial charge in [-0.25, -0.2) is 0 Å². The molecule has 112 valence electrons. The summed E-state index contributed by atoms with van der Waals surface area (Å²) in [6, 6.07) is 0.433. The lowest BCUT2D eigenvalue weighted by Crippen LogP contribution is -2.46.